The summed E-state index contributed by atoms with van der Waals surface area (Å²) < 4.78 is 71.8. The molecule has 1 aromatic heterocycles. The third-order valence-corrected chi connectivity index (χ3v) is 5.76. The number of nitrogens with zero attached hydrogens (tertiary/aromatic N) is 4. The molecule has 0 amide bonds. The first-order chi connectivity index (χ1) is 17.6. The first-order valence-corrected chi connectivity index (χ1v) is 11.3. The minimum absolute atomic E-state index is 0.311. The average Bonchev–Trinajstić information content (AvgIpc) is 3.40. The van der Waals surface area contributed by atoms with E-state index < -0.39 is 24.3 Å². The molecular weight excluding hydrogens is 526 g/mol. The number of hydrogen-bond donors (Lipinski definition) is 2. The third kappa shape index (κ3) is 9.85. The molecule has 0 aliphatic carbocycles. The zero-order chi connectivity index (χ0) is 28.7. The van der Waals surface area contributed by atoms with Gasteiger partial charge in [-0.25, -0.2) is 14.6 Å². The van der Waals surface area contributed by atoms with Crippen LogP contribution >= 0.6 is 0 Å². The normalized spacial score (nSPS) is 19.9. The molecule has 4 rings (SSSR count). The molecule has 38 heavy (non-hydrogen) atoms. The molecule has 2 aromatic rings. The van der Waals surface area contributed by atoms with Gasteiger partial charge in [0.2, 0.25) is 0 Å². The highest BCUT2D eigenvalue weighted by Crippen LogP contribution is 2.26. The van der Waals surface area contributed by atoms with Gasteiger partial charge in [-0.05, 0) is 19.1 Å². The monoisotopic (exact) mass is 554 g/mol. The van der Waals surface area contributed by atoms with E-state index in [1.54, 1.807) is 0 Å². The molecule has 2 N–H and O–H groups in total. The summed E-state index contributed by atoms with van der Waals surface area (Å²) >= 11 is 0. The van der Waals surface area contributed by atoms with Crippen molar-refractivity contribution in [3.8, 4) is 5.75 Å². The maximum atomic E-state index is 10.6. The van der Waals surface area contributed by atoms with Gasteiger partial charge in [0.1, 0.15) is 17.7 Å². The minimum Gasteiger partial charge on any atom is -0.489 e. The second kappa shape index (κ2) is 13.0. The van der Waals surface area contributed by atoms with E-state index in [2.05, 4.69) is 57.6 Å². The second-order valence-corrected chi connectivity index (χ2v) is 8.73. The van der Waals surface area contributed by atoms with Gasteiger partial charge in [-0.1, -0.05) is 17.7 Å². The SMILES string of the molecule is Cc1ccc(O[C@@H]2C[C@H]3CN(Cc4nccn4C)CCN3C2)cc1.O=C(O)C(F)(F)F.O=C(O)C(F)(F)F. The van der Waals surface area contributed by atoms with E-state index in [1.807, 2.05) is 12.4 Å². The molecule has 2 aliphatic heterocycles. The summed E-state index contributed by atoms with van der Waals surface area (Å²) in [6, 6.07) is 9.01. The standard InChI is InChI=1S/C19H26N4O.2C2HF3O2/c1-15-3-5-17(6-4-15)24-18-11-16-12-22(9-10-23(16)13-18)14-19-20-7-8-21(19)2;2*3-2(4,5)1(6)7/h3-8,16,18H,9-14H2,1-2H3;2*(H,6,7)/t16-,18+;;/m0../s1. The number of hydrogen-bond acceptors (Lipinski definition) is 6. The van der Waals surface area contributed by atoms with Crippen LogP contribution in [0.3, 0.4) is 0 Å². The summed E-state index contributed by atoms with van der Waals surface area (Å²) in [5.41, 5.74) is 1.27. The van der Waals surface area contributed by atoms with Crippen molar-refractivity contribution in [2.45, 2.75) is 44.4 Å². The van der Waals surface area contributed by atoms with E-state index in [4.69, 9.17) is 24.5 Å². The van der Waals surface area contributed by atoms with Crippen molar-refractivity contribution in [3.05, 3.63) is 48.0 Å². The van der Waals surface area contributed by atoms with Crippen molar-refractivity contribution in [1.82, 2.24) is 19.4 Å². The lowest BCUT2D eigenvalue weighted by molar-refractivity contribution is -0.193. The molecule has 9 nitrogen and oxygen atoms in total. The molecule has 3 heterocycles. The fraction of sp³-hybridized carbons (Fsp3) is 0.522. The molecule has 2 atom stereocenters. The largest absolute Gasteiger partial charge is 0.490 e. The maximum absolute atomic E-state index is 10.6. The van der Waals surface area contributed by atoms with Gasteiger partial charge in [-0.15, -0.1) is 0 Å². The summed E-state index contributed by atoms with van der Waals surface area (Å²) in [6.07, 6.45) is -4.84. The molecule has 1 aromatic carbocycles. The molecule has 15 heteroatoms. The zero-order valence-corrected chi connectivity index (χ0v) is 20.5. The molecule has 0 bridgehead atoms. The number of piperazine rings is 1. The Labute approximate surface area is 214 Å². The van der Waals surface area contributed by atoms with Crippen LogP contribution in [0.1, 0.15) is 17.8 Å². The number of fused-ring (bicyclic) bond motifs is 1. The lowest BCUT2D eigenvalue weighted by Crippen LogP contribution is -2.49. The summed E-state index contributed by atoms with van der Waals surface area (Å²) in [6.45, 7) is 7.45. The molecule has 2 saturated heterocycles. The molecule has 0 saturated carbocycles. The van der Waals surface area contributed by atoms with Crippen LogP contribution in [0.4, 0.5) is 26.3 Å². The Morgan fingerprint density at radius 1 is 1.00 bits per heavy atom. The second-order valence-electron chi connectivity index (χ2n) is 8.73. The van der Waals surface area contributed by atoms with Crippen LogP contribution in [0.25, 0.3) is 0 Å². The van der Waals surface area contributed by atoms with Gasteiger partial charge in [0.05, 0.1) is 6.54 Å². The molecule has 2 fully saturated rings. The van der Waals surface area contributed by atoms with Crippen LogP contribution in [0.15, 0.2) is 36.7 Å². The summed E-state index contributed by atoms with van der Waals surface area (Å²) in [4.78, 5) is 27.4. The van der Waals surface area contributed by atoms with Crippen LogP contribution in [0.5, 0.6) is 5.75 Å². The van der Waals surface area contributed by atoms with Gasteiger partial charge in [0, 0.05) is 58.1 Å². The Morgan fingerprint density at radius 3 is 2.03 bits per heavy atom. The van der Waals surface area contributed by atoms with E-state index in [-0.39, 0.29) is 0 Å². The predicted molar refractivity (Wildman–Crippen MR) is 121 cm³/mol. The third-order valence-electron chi connectivity index (χ3n) is 5.76. The number of aryl methyl sites for hydroxylation is 2. The summed E-state index contributed by atoms with van der Waals surface area (Å²) in [7, 11) is 2.07. The van der Waals surface area contributed by atoms with Crippen molar-refractivity contribution in [3.63, 3.8) is 0 Å². The van der Waals surface area contributed by atoms with E-state index in [0.717, 1.165) is 50.7 Å². The minimum atomic E-state index is -5.08. The van der Waals surface area contributed by atoms with Crippen LogP contribution in [-0.4, -0.2) is 92.2 Å². The van der Waals surface area contributed by atoms with Crippen molar-refractivity contribution in [2.24, 2.45) is 7.05 Å². The number of aliphatic carboxylic acids is 2. The van der Waals surface area contributed by atoms with Crippen molar-refractivity contribution < 1.29 is 50.9 Å². The van der Waals surface area contributed by atoms with Gasteiger partial charge in [-0.3, -0.25) is 9.80 Å². The highest BCUT2D eigenvalue weighted by molar-refractivity contribution is 5.73. The van der Waals surface area contributed by atoms with Gasteiger partial charge >= 0.3 is 24.3 Å². The lowest BCUT2D eigenvalue weighted by Gasteiger charge is -2.36. The van der Waals surface area contributed by atoms with Crippen molar-refractivity contribution >= 4 is 11.9 Å². The van der Waals surface area contributed by atoms with Gasteiger partial charge in [-0.2, -0.15) is 26.3 Å². The molecule has 0 spiro atoms. The Bertz CT molecular complexity index is 1030. The number of imidazole rings is 1. The summed E-state index contributed by atoms with van der Waals surface area (Å²) in [5, 5.41) is 14.2. The number of carboxylic acid groups (broad SMARTS) is 2. The molecule has 2 aliphatic rings. The van der Waals surface area contributed by atoms with Gasteiger partial charge in [0.15, 0.2) is 0 Å². The van der Waals surface area contributed by atoms with E-state index in [9.17, 15) is 26.3 Å². The first-order valence-electron chi connectivity index (χ1n) is 11.3. The van der Waals surface area contributed by atoms with Crippen molar-refractivity contribution in [2.75, 3.05) is 26.2 Å². The zero-order valence-electron chi connectivity index (χ0n) is 20.5. The highest BCUT2D eigenvalue weighted by atomic mass is 19.4. The van der Waals surface area contributed by atoms with E-state index >= 15 is 0 Å². The van der Waals surface area contributed by atoms with Crippen LogP contribution in [0.2, 0.25) is 0 Å². The number of carboxylic acids is 2. The van der Waals surface area contributed by atoms with Crippen molar-refractivity contribution in [1.29, 1.82) is 0 Å². The van der Waals surface area contributed by atoms with Crippen LogP contribution in [-0.2, 0) is 23.2 Å². The number of rotatable bonds is 4. The number of carbonyl (C=O) groups is 2. The van der Waals surface area contributed by atoms with Gasteiger partial charge < -0.3 is 19.5 Å². The number of alkyl halides is 6. The Balaban J connectivity index is 0.000000301. The molecule has 212 valence electrons. The molecule has 0 unspecified atom stereocenters. The molecular formula is C23H28F6N4O5. The average molecular weight is 554 g/mol. The maximum Gasteiger partial charge on any atom is 0.490 e. The number of halogens is 6. The Kier molecular flexibility index (Phi) is 10.5. The number of benzene rings is 1. The van der Waals surface area contributed by atoms with Gasteiger partial charge in [0.25, 0.3) is 0 Å². The summed E-state index contributed by atoms with van der Waals surface area (Å²) in [5.74, 6) is -3.37. The predicted octanol–water partition coefficient (Wildman–Crippen LogP) is 3.33. The van der Waals surface area contributed by atoms with E-state index in [1.165, 1.54) is 5.56 Å². The smallest absolute Gasteiger partial charge is 0.489 e. The number of ether oxygens (including phenoxy) is 1. The first kappa shape index (κ1) is 30.9. The fourth-order valence-corrected chi connectivity index (χ4v) is 3.85. The highest BCUT2D eigenvalue weighted by Gasteiger charge is 2.39. The van der Waals surface area contributed by atoms with Crippen LogP contribution < -0.4 is 4.74 Å². The Morgan fingerprint density at radius 2 is 1.55 bits per heavy atom. The van der Waals surface area contributed by atoms with E-state index in [0.29, 0.717) is 12.1 Å². The van der Waals surface area contributed by atoms with Crippen LogP contribution in [0, 0.1) is 6.92 Å². The number of aromatic nitrogens is 2. The lowest BCUT2D eigenvalue weighted by atomic mass is 10.1. The topological polar surface area (TPSA) is 108 Å². The quantitative estimate of drug-likeness (QED) is 0.555. The Hall–Kier alpha value is -3.33. The fourth-order valence-electron chi connectivity index (χ4n) is 3.85. The molecule has 0 radical (unpaired) electrons.